The zero-order valence-corrected chi connectivity index (χ0v) is 6.62. The molecule has 2 heterocycles. The number of nitrogens with one attached hydrogen (secondary N) is 1. The minimum absolute atomic E-state index is 0.0258. The third kappa shape index (κ3) is 0.972. The molecule has 2 rings (SSSR count). The number of carbonyl (C=O) groups is 2. The minimum Gasteiger partial charge on any atom is -0.326 e. The second-order valence-electron chi connectivity index (χ2n) is 3.30. The highest BCUT2D eigenvalue weighted by Gasteiger charge is 2.41. The summed E-state index contributed by atoms with van der Waals surface area (Å²) in [5.74, 6) is -0.174. The van der Waals surface area contributed by atoms with Crippen molar-refractivity contribution in [2.75, 3.05) is 6.54 Å². The number of urea groups is 1. The van der Waals surface area contributed by atoms with Crippen molar-refractivity contribution in [1.82, 2.24) is 10.2 Å². The first-order valence-corrected chi connectivity index (χ1v) is 4.05. The molecule has 2 saturated heterocycles. The van der Waals surface area contributed by atoms with Crippen LogP contribution in [0.25, 0.3) is 0 Å². The second kappa shape index (κ2) is 2.45. The van der Waals surface area contributed by atoms with Crippen LogP contribution in [0.2, 0.25) is 0 Å². The van der Waals surface area contributed by atoms with Gasteiger partial charge in [0.25, 0.3) is 5.91 Å². The highest BCUT2D eigenvalue weighted by Crippen LogP contribution is 2.20. The van der Waals surface area contributed by atoms with Crippen molar-refractivity contribution in [3.8, 4) is 0 Å². The van der Waals surface area contributed by atoms with Crippen LogP contribution in [0.1, 0.15) is 12.8 Å². The number of imide groups is 1. The van der Waals surface area contributed by atoms with Crippen molar-refractivity contribution in [3.05, 3.63) is 0 Å². The highest BCUT2D eigenvalue weighted by molar-refractivity contribution is 6.04. The van der Waals surface area contributed by atoms with Crippen LogP contribution < -0.4 is 11.1 Å². The quantitative estimate of drug-likeness (QED) is 0.458. The Balaban J connectivity index is 2.17. The normalized spacial score (nSPS) is 34.9. The summed E-state index contributed by atoms with van der Waals surface area (Å²) >= 11 is 0. The van der Waals surface area contributed by atoms with Gasteiger partial charge in [0.1, 0.15) is 6.04 Å². The van der Waals surface area contributed by atoms with E-state index in [2.05, 4.69) is 5.32 Å². The number of carbonyl (C=O) groups excluding carboxylic acids is 2. The first kappa shape index (κ1) is 7.54. The summed E-state index contributed by atoms with van der Waals surface area (Å²) in [5, 5.41) is 2.27. The largest absolute Gasteiger partial charge is 0.326 e. The van der Waals surface area contributed by atoms with Crippen LogP contribution in [-0.2, 0) is 4.79 Å². The lowest BCUT2D eigenvalue weighted by Gasteiger charge is -2.30. The molecular formula is C7H11N3O2. The molecular weight excluding hydrogens is 158 g/mol. The molecule has 2 fully saturated rings. The topological polar surface area (TPSA) is 75.4 Å². The van der Waals surface area contributed by atoms with Gasteiger partial charge in [-0.25, -0.2) is 4.79 Å². The van der Waals surface area contributed by atoms with Gasteiger partial charge in [-0.15, -0.1) is 0 Å². The summed E-state index contributed by atoms with van der Waals surface area (Å²) in [4.78, 5) is 23.7. The fourth-order valence-corrected chi connectivity index (χ4v) is 1.76. The van der Waals surface area contributed by atoms with E-state index in [-0.39, 0.29) is 24.0 Å². The SMILES string of the molecule is NC1CCC2C(=O)NC(=O)N2C1. The van der Waals surface area contributed by atoms with E-state index >= 15 is 0 Å². The monoisotopic (exact) mass is 169 g/mol. The van der Waals surface area contributed by atoms with Gasteiger partial charge in [0.2, 0.25) is 0 Å². The lowest BCUT2D eigenvalue weighted by molar-refractivity contribution is -0.122. The third-order valence-electron chi connectivity index (χ3n) is 2.41. The molecule has 3 N–H and O–H groups in total. The number of nitrogens with two attached hydrogens (primary N) is 1. The van der Waals surface area contributed by atoms with Crippen LogP contribution in [0.3, 0.4) is 0 Å². The van der Waals surface area contributed by atoms with Gasteiger partial charge in [-0.1, -0.05) is 0 Å². The van der Waals surface area contributed by atoms with Crippen LogP contribution in [0, 0.1) is 0 Å². The van der Waals surface area contributed by atoms with Crippen LogP contribution >= 0.6 is 0 Å². The number of amides is 3. The molecule has 2 unspecified atom stereocenters. The predicted molar refractivity (Wildman–Crippen MR) is 41.2 cm³/mol. The molecule has 2 atom stereocenters. The highest BCUT2D eigenvalue weighted by atomic mass is 16.2. The van der Waals surface area contributed by atoms with E-state index in [1.54, 1.807) is 0 Å². The van der Waals surface area contributed by atoms with E-state index in [1.807, 2.05) is 0 Å². The Hall–Kier alpha value is -1.10. The van der Waals surface area contributed by atoms with Crippen LogP contribution in [0.4, 0.5) is 4.79 Å². The van der Waals surface area contributed by atoms with Gasteiger partial charge in [-0.2, -0.15) is 0 Å². The number of hydrogen-bond donors (Lipinski definition) is 2. The zero-order valence-electron chi connectivity index (χ0n) is 6.62. The lowest BCUT2D eigenvalue weighted by Crippen LogP contribution is -2.48. The molecule has 0 spiro atoms. The zero-order chi connectivity index (χ0) is 8.72. The van der Waals surface area contributed by atoms with Gasteiger partial charge in [-0.05, 0) is 12.8 Å². The van der Waals surface area contributed by atoms with Crippen molar-refractivity contribution < 1.29 is 9.59 Å². The standard InChI is InChI=1S/C7H11N3O2/c8-4-1-2-5-6(11)9-7(12)10(5)3-4/h4-5H,1-3,8H2,(H,9,11,12). The van der Waals surface area contributed by atoms with Gasteiger partial charge < -0.3 is 10.6 Å². The van der Waals surface area contributed by atoms with E-state index in [0.29, 0.717) is 13.0 Å². The molecule has 12 heavy (non-hydrogen) atoms. The van der Waals surface area contributed by atoms with Crippen LogP contribution in [0.5, 0.6) is 0 Å². The Kier molecular flexibility index (Phi) is 1.54. The lowest BCUT2D eigenvalue weighted by atomic mass is 10.0. The molecule has 0 saturated carbocycles. The summed E-state index contributed by atoms with van der Waals surface area (Å²) in [6.45, 7) is 0.502. The Morgan fingerprint density at radius 2 is 2.17 bits per heavy atom. The van der Waals surface area contributed by atoms with Gasteiger partial charge in [0.05, 0.1) is 0 Å². The predicted octanol–water partition coefficient (Wildman–Crippen LogP) is -0.972. The molecule has 0 radical (unpaired) electrons. The molecule has 0 bridgehead atoms. The summed E-state index contributed by atoms with van der Waals surface area (Å²) in [5.41, 5.74) is 5.67. The smallest absolute Gasteiger partial charge is 0.324 e. The second-order valence-corrected chi connectivity index (χ2v) is 3.30. The van der Waals surface area contributed by atoms with Crippen molar-refractivity contribution in [2.24, 2.45) is 5.73 Å². The van der Waals surface area contributed by atoms with Gasteiger partial charge in [0, 0.05) is 12.6 Å². The van der Waals surface area contributed by atoms with Crippen LogP contribution in [-0.4, -0.2) is 35.5 Å². The fraction of sp³-hybridized carbons (Fsp3) is 0.714. The van der Waals surface area contributed by atoms with Gasteiger partial charge >= 0.3 is 6.03 Å². The van der Waals surface area contributed by atoms with E-state index < -0.39 is 0 Å². The maximum absolute atomic E-state index is 11.1. The van der Waals surface area contributed by atoms with Crippen molar-refractivity contribution >= 4 is 11.9 Å². The van der Waals surface area contributed by atoms with Crippen molar-refractivity contribution in [2.45, 2.75) is 24.9 Å². The Morgan fingerprint density at radius 3 is 2.92 bits per heavy atom. The molecule has 0 aromatic heterocycles. The summed E-state index contributed by atoms with van der Waals surface area (Å²) in [7, 11) is 0. The Labute approximate surface area is 69.9 Å². The average Bonchev–Trinajstić information content (AvgIpc) is 2.28. The molecule has 0 aliphatic carbocycles. The van der Waals surface area contributed by atoms with Gasteiger partial charge in [-0.3, -0.25) is 10.1 Å². The molecule has 0 aromatic rings. The van der Waals surface area contributed by atoms with Crippen molar-refractivity contribution in [1.29, 1.82) is 0 Å². The first-order valence-electron chi connectivity index (χ1n) is 4.05. The number of hydrogen-bond acceptors (Lipinski definition) is 3. The molecule has 3 amide bonds. The number of rotatable bonds is 0. The summed E-state index contributed by atoms with van der Waals surface area (Å²) in [6.07, 6.45) is 1.51. The van der Waals surface area contributed by atoms with Gasteiger partial charge in [0.15, 0.2) is 0 Å². The van der Waals surface area contributed by atoms with Crippen LogP contribution in [0.15, 0.2) is 0 Å². The molecule has 2 aliphatic heterocycles. The molecule has 5 heteroatoms. The molecule has 5 nitrogen and oxygen atoms in total. The molecule has 66 valence electrons. The number of fused-ring (bicyclic) bond motifs is 1. The first-order chi connectivity index (χ1) is 5.68. The van der Waals surface area contributed by atoms with E-state index in [9.17, 15) is 9.59 Å². The Bertz CT molecular complexity index is 241. The minimum atomic E-state index is -0.292. The van der Waals surface area contributed by atoms with E-state index in [0.717, 1.165) is 6.42 Å². The molecule has 0 aromatic carbocycles. The summed E-state index contributed by atoms with van der Waals surface area (Å²) in [6, 6.07) is -0.518. The number of piperidine rings is 1. The van der Waals surface area contributed by atoms with E-state index in [1.165, 1.54) is 4.90 Å². The third-order valence-corrected chi connectivity index (χ3v) is 2.41. The molecule has 2 aliphatic rings. The maximum Gasteiger partial charge on any atom is 0.324 e. The Morgan fingerprint density at radius 1 is 1.42 bits per heavy atom. The fourth-order valence-electron chi connectivity index (χ4n) is 1.76. The van der Waals surface area contributed by atoms with E-state index in [4.69, 9.17) is 5.73 Å². The average molecular weight is 169 g/mol. The maximum atomic E-state index is 11.1. The van der Waals surface area contributed by atoms with Crippen molar-refractivity contribution in [3.63, 3.8) is 0 Å². The number of nitrogens with zero attached hydrogens (tertiary/aromatic N) is 1. The summed E-state index contributed by atoms with van der Waals surface area (Å²) < 4.78 is 0.